The molecular formula is C25H26N2O4S. The van der Waals surface area contributed by atoms with E-state index >= 15 is 0 Å². The smallest absolute Gasteiger partial charge is 0.338 e. The largest absolute Gasteiger partial charge is 0.462 e. The molecule has 1 atom stereocenters. The number of amides is 1. The highest BCUT2D eigenvalue weighted by Crippen LogP contribution is 2.15. The Morgan fingerprint density at radius 1 is 0.969 bits per heavy atom. The molecule has 6 nitrogen and oxygen atoms in total. The Bertz CT molecular complexity index is 1040. The monoisotopic (exact) mass is 450 g/mol. The second-order valence-electron chi connectivity index (χ2n) is 7.33. The molecule has 0 unspecified atom stereocenters. The van der Waals surface area contributed by atoms with Crippen molar-refractivity contribution in [1.29, 1.82) is 0 Å². The third-order valence-electron chi connectivity index (χ3n) is 4.78. The summed E-state index contributed by atoms with van der Waals surface area (Å²) in [5.41, 5.74) is 2.54. The molecule has 0 bridgehead atoms. The minimum Gasteiger partial charge on any atom is -0.462 e. The third kappa shape index (κ3) is 6.28. The average Bonchev–Trinajstić information content (AvgIpc) is 3.34. The van der Waals surface area contributed by atoms with E-state index in [9.17, 15) is 14.4 Å². The number of rotatable bonds is 10. The topological polar surface area (TPSA) is 84.5 Å². The van der Waals surface area contributed by atoms with Crippen LogP contribution in [0.25, 0.3) is 0 Å². The zero-order valence-electron chi connectivity index (χ0n) is 18.1. The lowest BCUT2D eigenvalue weighted by molar-refractivity contribution is 0.0499. The number of unbranched alkanes of at least 4 members (excludes halogenated alkanes) is 1. The van der Waals surface area contributed by atoms with Gasteiger partial charge in [-0.3, -0.25) is 9.59 Å². The Hall–Kier alpha value is -3.45. The van der Waals surface area contributed by atoms with E-state index in [1.165, 1.54) is 11.3 Å². The first-order valence-corrected chi connectivity index (χ1v) is 11.3. The van der Waals surface area contributed by atoms with Gasteiger partial charge in [-0.2, -0.15) is 0 Å². The van der Waals surface area contributed by atoms with Crippen molar-refractivity contribution in [1.82, 2.24) is 5.32 Å². The molecule has 0 radical (unpaired) electrons. The molecule has 1 amide bonds. The lowest BCUT2D eigenvalue weighted by Gasteiger charge is -2.20. The van der Waals surface area contributed by atoms with Crippen LogP contribution in [0, 0.1) is 6.92 Å². The minimum absolute atomic E-state index is 0.266. The zero-order chi connectivity index (χ0) is 22.9. The van der Waals surface area contributed by atoms with Gasteiger partial charge in [0.2, 0.25) is 5.78 Å². The molecule has 0 fully saturated rings. The summed E-state index contributed by atoms with van der Waals surface area (Å²) >= 11 is 1.30. The van der Waals surface area contributed by atoms with Crippen LogP contribution in [0.5, 0.6) is 0 Å². The Morgan fingerprint density at radius 2 is 1.66 bits per heavy atom. The second-order valence-corrected chi connectivity index (χ2v) is 8.27. The fourth-order valence-corrected chi connectivity index (χ4v) is 3.55. The Morgan fingerprint density at radius 3 is 2.28 bits per heavy atom. The summed E-state index contributed by atoms with van der Waals surface area (Å²) < 4.78 is 5.22. The Balaban J connectivity index is 1.75. The van der Waals surface area contributed by atoms with Gasteiger partial charge in [0.15, 0.2) is 6.17 Å². The summed E-state index contributed by atoms with van der Waals surface area (Å²) in [6.45, 7) is 4.36. The summed E-state index contributed by atoms with van der Waals surface area (Å²) in [6.07, 6.45) is 0.789. The molecule has 166 valence electrons. The van der Waals surface area contributed by atoms with E-state index in [4.69, 9.17) is 4.74 Å². The van der Waals surface area contributed by atoms with E-state index in [0.29, 0.717) is 28.3 Å². The molecule has 2 N–H and O–H groups in total. The van der Waals surface area contributed by atoms with E-state index in [-0.39, 0.29) is 17.7 Å². The third-order valence-corrected chi connectivity index (χ3v) is 5.65. The van der Waals surface area contributed by atoms with Gasteiger partial charge in [0.05, 0.1) is 17.0 Å². The first-order valence-electron chi connectivity index (χ1n) is 10.5. The van der Waals surface area contributed by atoms with E-state index in [1.54, 1.807) is 53.9 Å². The summed E-state index contributed by atoms with van der Waals surface area (Å²) in [6, 6.07) is 17.3. The van der Waals surface area contributed by atoms with Gasteiger partial charge in [0, 0.05) is 11.3 Å². The molecule has 3 rings (SSSR count). The van der Waals surface area contributed by atoms with Crippen LogP contribution in [0.1, 0.15) is 55.7 Å². The summed E-state index contributed by atoms with van der Waals surface area (Å²) in [7, 11) is 0. The maximum atomic E-state index is 13.1. The van der Waals surface area contributed by atoms with Gasteiger partial charge in [0.25, 0.3) is 5.91 Å². The number of carbonyl (C=O) groups is 3. The number of benzene rings is 2. The molecule has 3 aromatic rings. The molecule has 1 heterocycles. The number of thiophene rings is 1. The highest BCUT2D eigenvalue weighted by Gasteiger charge is 2.23. The number of aryl methyl sites for hydroxylation is 1. The van der Waals surface area contributed by atoms with E-state index in [2.05, 4.69) is 10.6 Å². The van der Waals surface area contributed by atoms with Crippen molar-refractivity contribution in [2.24, 2.45) is 0 Å². The molecular weight excluding hydrogens is 424 g/mol. The maximum Gasteiger partial charge on any atom is 0.338 e. The van der Waals surface area contributed by atoms with Crippen molar-refractivity contribution in [3.63, 3.8) is 0 Å². The quantitative estimate of drug-likeness (QED) is 0.195. The summed E-state index contributed by atoms with van der Waals surface area (Å²) in [4.78, 5) is 38.4. The average molecular weight is 451 g/mol. The van der Waals surface area contributed by atoms with Gasteiger partial charge < -0.3 is 15.4 Å². The van der Waals surface area contributed by atoms with Gasteiger partial charge >= 0.3 is 5.97 Å². The minimum atomic E-state index is -0.977. The molecule has 0 aliphatic heterocycles. The normalized spacial score (nSPS) is 11.4. The van der Waals surface area contributed by atoms with Gasteiger partial charge in [-0.25, -0.2) is 4.79 Å². The molecule has 2 aromatic carbocycles. The van der Waals surface area contributed by atoms with Crippen molar-refractivity contribution in [2.45, 2.75) is 32.9 Å². The van der Waals surface area contributed by atoms with Gasteiger partial charge in [-0.1, -0.05) is 49.2 Å². The molecule has 7 heteroatoms. The number of Topliss-reactive ketones (excluding diaryl/α,β-unsaturated/α-hetero) is 1. The van der Waals surface area contributed by atoms with E-state index < -0.39 is 6.17 Å². The van der Waals surface area contributed by atoms with Crippen molar-refractivity contribution >= 4 is 34.7 Å². The zero-order valence-corrected chi connectivity index (χ0v) is 18.9. The fourth-order valence-electron chi connectivity index (χ4n) is 2.92. The highest BCUT2D eigenvalue weighted by molar-refractivity contribution is 7.12. The lowest BCUT2D eigenvalue weighted by Crippen LogP contribution is -2.46. The van der Waals surface area contributed by atoms with E-state index in [0.717, 1.165) is 18.4 Å². The van der Waals surface area contributed by atoms with Gasteiger partial charge in [-0.05, 0) is 49.1 Å². The predicted octanol–water partition coefficient (Wildman–Crippen LogP) is 5.06. The Labute approximate surface area is 191 Å². The maximum absolute atomic E-state index is 13.1. The SMILES string of the molecule is CCCCOC(=O)c1ccc(N[C@H](NC(=O)c2cccs2)C(=O)c2ccc(C)cc2)cc1. The van der Waals surface area contributed by atoms with Crippen LogP contribution in [0.4, 0.5) is 5.69 Å². The van der Waals surface area contributed by atoms with Crippen molar-refractivity contribution < 1.29 is 19.1 Å². The van der Waals surface area contributed by atoms with Gasteiger partial charge in [0.1, 0.15) is 0 Å². The highest BCUT2D eigenvalue weighted by atomic mass is 32.1. The van der Waals surface area contributed by atoms with Crippen LogP contribution in [0.3, 0.4) is 0 Å². The predicted molar refractivity (Wildman–Crippen MR) is 126 cm³/mol. The number of hydrogen-bond donors (Lipinski definition) is 2. The molecule has 0 saturated heterocycles. The Kier molecular flexibility index (Phi) is 8.16. The molecule has 32 heavy (non-hydrogen) atoms. The first-order chi connectivity index (χ1) is 15.5. The number of anilines is 1. The molecule has 0 aliphatic rings. The fraction of sp³-hybridized carbons (Fsp3) is 0.240. The van der Waals surface area contributed by atoms with Crippen molar-refractivity contribution in [2.75, 3.05) is 11.9 Å². The molecule has 0 aliphatic carbocycles. The standard InChI is InChI=1S/C25H26N2O4S/c1-3-4-15-31-25(30)19-11-13-20(14-12-19)26-23(27-24(29)21-6-5-16-32-21)22(28)18-9-7-17(2)8-10-18/h5-14,16,23,26H,3-4,15H2,1-2H3,(H,27,29)/t23-/m1/s1. The number of ether oxygens (including phenoxy) is 1. The summed E-state index contributed by atoms with van der Waals surface area (Å²) in [5.74, 6) is -0.990. The molecule has 0 saturated carbocycles. The van der Waals surface area contributed by atoms with Crippen LogP contribution in [0.2, 0.25) is 0 Å². The lowest BCUT2D eigenvalue weighted by atomic mass is 10.1. The van der Waals surface area contributed by atoms with Crippen molar-refractivity contribution in [3.8, 4) is 0 Å². The summed E-state index contributed by atoms with van der Waals surface area (Å²) in [5, 5.41) is 7.65. The molecule has 0 spiro atoms. The van der Waals surface area contributed by atoms with Gasteiger partial charge in [-0.15, -0.1) is 11.3 Å². The van der Waals surface area contributed by atoms with Crippen LogP contribution >= 0.6 is 11.3 Å². The second kappa shape index (κ2) is 11.2. The first kappa shape index (κ1) is 23.2. The molecule has 1 aromatic heterocycles. The van der Waals surface area contributed by atoms with E-state index in [1.807, 2.05) is 26.0 Å². The van der Waals surface area contributed by atoms with Crippen LogP contribution in [-0.4, -0.2) is 30.4 Å². The van der Waals surface area contributed by atoms with Crippen LogP contribution < -0.4 is 10.6 Å². The van der Waals surface area contributed by atoms with Crippen molar-refractivity contribution in [3.05, 3.63) is 87.6 Å². The number of nitrogens with one attached hydrogen (secondary N) is 2. The number of hydrogen-bond acceptors (Lipinski definition) is 6. The number of ketones is 1. The van der Waals surface area contributed by atoms with Crippen LogP contribution in [0.15, 0.2) is 66.0 Å². The van der Waals surface area contributed by atoms with Crippen LogP contribution in [-0.2, 0) is 4.74 Å². The number of carbonyl (C=O) groups excluding carboxylic acids is 3. The number of esters is 1.